The molecule has 6 heteroatoms. The van der Waals surface area contributed by atoms with Crippen LogP contribution in [0.2, 0.25) is 0 Å². The normalized spacial score (nSPS) is 11.9. The maximum Gasteiger partial charge on any atom is 0.197 e. The highest BCUT2D eigenvalue weighted by Gasteiger charge is 2.22. The van der Waals surface area contributed by atoms with Crippen molar-refractivity contribution in [3.8, 4) is 28.6 Å². The van der Waals surface area contributed by atoms with Crippen LogP contribution in [0, 0.1) is 17.9 Å². The first-order chi connectivity index (χ1) is 27.7. The van der Waals surface area contributed by atoms with Gasteiger partial charge in [0, 0.05) is 54.5 Å². The number of nitrogens with zero attached hydrogens (tertiary/aromatic N) is 4. The fourth-order valence-corrected chi connectivity index (χ4v) is 9.08. The third-order valence-electron chi connectivity index (χ3n) is 11.4. The second kappa shape index (κ2) is 11.2. The van der Waals surface area contributed by atoms with Crippen LogP contribution < -0.4 is 0 Å². The van der Waals surface area contributed by atoms with Crippen molar-refractivity contribution >= 4 is 93.2 Å². The van der Waals surface area contributed by atoms with E-state index in [4.69, 9.17) is 15.4 Å². The minimum atomic E-state index is 0.471. The van der Waals surface area contributed by atoms with Gasteiger partial charge in [-0.2, -0.15) is 5.26 Å². The second-order valence-electron chi connectivity index (χ2n) is 14.2. The quantitative estimate of drug-likeness (QED) is 0.171. The summed E-state index contributed by atoms with van der Waals surface area (Å²) >= 11 is 0. The zero-order chi connectivity index (χ0) is 37.1. The van der Waals surface area contributed by atoms with Gasteiger partial charge in [0.15, 0.2) is 5.69 Å². The van der Waals surface area contributed by atoms with Crippen LogP contribution in [0.1, 0.15) is 5.56 Å². The first kappa shape index (κ1) is 30.4. The van der Waals surface area contributed by atoms with Crippen LogP contribution in [0.4, 0.5) is 5.69 Å². The summed E-state index contributed by atoms with van der Waals surface area (Å²) in [5, 5.41) is 19.4. The van der Waals surface area contributed by atoms with Crippen LogP contribution >= 0.6 is 0 Å². The van der Waals surface area contributed by atoms with Crippen molar-refractivity contribution in [1.82, 2.24) is 9.13 Å². The molecule has 4 heterocycles. The van der Waals surface area contributed by atoms with Crippen LogP contribution in [0.5, 0.6) is 0 Å². The molecule has 0 amide bonds. The standard InChI is InChI=1S/C50H26N4O2/c1-52-38-27-31(54-40-15-7-3-11-35(40)48-42(54)23-25-46-50(48)37-13-5-9-17-44(37)56-46)19-21-33(38)32-20-18-30(26-29(32)28-51)53-39-14-6-2-10-34(39)47-41(53)22-24-45-49(47)36-12-4-8-16-43(36)55-45/h2-27H. The molecule has 0 bridgehead atoms. The van der Waals surface area contributed by atoms with Gasteiger partial charge in [-0.3, -0.25) is 0 Å². The molecule has 0 atom stereocenters. The Bertz CT molecular complexity index is 3500. The Morgan fingerprint density at radius 3 is 1.46 bits per heavy atom. The Hall–Kier alpha value is -8.06. The molecule has 0 aliphatic rings. The molecular formula is C50H26N4O2. The first-order valence-electron chi connectivity index (χ1n) is 18.4. The average Bonchev–Trinajstić information content (AvgIpc) is 4.00. The van der Waals surface area contributed by atoms with Gasteiger partial charge in [0.25, 0.3) is 0 Å². The summed E-state index contributed by atoms with van der Waals surface area (Å²) in [5.41, 5.74) is 11.7. The maximum atomic E-state index is 10.6. The smallest absolute Gasteiger partial charge is 0.197 e. The van der Waals surface area contributed by atoms with Crippen molar-refractivity contribution in [1.29, 1.82) is 5.26 Å². The van der Waals surface area contributed by atoms with Crippen molar-refractivity contribution in [2.45, 2.75) is 0 Å². The maximum absolute atomic E-state index is 10.6. The highest BCUT2D eigenvalue weighted by molar-refractivity contribution is 6.28. The zero-order valence-electron chi connectivity index (χ0n) is 29.6. The number of hydrogen-bond donors (Lipinski definition) is 0. The number of furan rings is 2. The molecule has 6 nitrogen and oxygen atoms in total. The lowest BCUT2D eigenvalue weighted by Crippen LogP contribution is -1.97. The van der Waals surface area contributed by atoms with Gasteiger partial charge >= 0.3 is 0 Å². The fraction of sp³-hybridized carbons (Fsp3) is 0. The molecule has 258 valence electrons. The van der Waals surface area contributed by atoms with Crippen LogP contribution in [-0.4, -0.2) is 9.13 Å². The Labute approximate surface area is 318 Å². The van der Waals surface area contributed by atoms with Gasteiger partial charge in [-0.15, -0.1) is 0 Å². The first-order valence-corrected chi connectivity index (χ1v) is 18.4. The number of nitriles is 1. The number of rotatable bonds is 3. The van der Waals surface area contributed by atoms with Crippen LogP contribution in [0.25, 0.3) is 115 Å². The highest BCUT2D eigenvalue weighted by Crippen LogP contribution is 2.44. The van der Waals surface area contributed by atoms with Crippen molar-refractivity contribution in [2.75, 3.05) is 0 Å². The number of benzene rings is 8. The molecule has 0 fully saturated rings. The van der Waals surface area contributed by atoms with Gasteiger partial charge in [0.05, 0.1) is 40.3 Å². The predicted molar refractivity (Wildman–Crippen MR) is 226 cm³/mol. The van der Waals surface area contributed by atoms with E-state index in [-0.39, 0.29) is 0 Å². The summed E-state index contributed by atoms with van der Waals surface area (Å²) in [4.78, 5) is 4.04. The lowest BCUT2D eigenvalue weighted by Gasteiger charge is -2.14. The topological polar surface area (TPSA) is 64.3 Å². The summed E-state index contributed by atoms with van der Waals surface area (Å²) in [5.74, 6) is 0. The number of hydrogen-bond acceptors (Lipinski definition) is 3. The van der Waals surface area contributed by atoms with E-state index in [2.05, 4.69) is 92.8 Å². The molecule has 0 N–H and O–H groups in total. The SMILES string of the molecule is [C-]#[N+]c1cc(-n2c3ccccc3c3c4c(ccc32)oc2ccccc24)ccc1-c1ccc(-n2c3ccccc3c3c4c(ccc32)oc2ccccc24)cc1C#N. The van der Waals surface area contributed by atoms with Crippen molar-refractivity contribution in [3.63, 3.8) is 0 Å². The van der Waals surface area contributed by atoms with Crippen LogP contribution in [0.3, 0.4) is 0 Å². The molecule has 56 heavy (non-hydrogen) atoms. The molecule has 0 spiro atoms. The summed E-state index contributed by atoms with van der Waals surface area (Å²) in [6.45, 7) is 8.34. The van der Waals surface area contributed by atoms with Crippen molar-refractivity contribution < 1.29 is 8.83 Å². The lowest BCUT2D eigenvalue weighted by molar-refractivity contribution is 0.669. The van der Waals surface area contributed by atoms with E-state index >= 15 is 0 Å². The molecule has 12 rings (SSSR count). The average molecular weight is 715 g/mol. The number of para-hydroxylation sites is 4. The molecular weight excluding hydrogens is 689 g/mol. The van der Waals surface area contributed by atoms with Gasteiger partial charge in [0.1, 0.15) is 22.3 Å². The third kappa shape index (κ3) is 4.02. The third-order valence-corrected chi connectivity index (χ3v) is 11.4. The summed E-state index contributed by atoms with van der Waals surface area (Å²) < 4.78 is 17.0. The zero-order valence-corrected chi connectivity index (χ0v) is 29.6. The summed E-state index contributed by atoms with van der Waals surface area (Å²) in [6.07, 6.45) is 0. The van der Waals surface area contributed by atoms with Crippen LogP contribution in [-0.2, 0) is 0 Å². The highest BCUT2D eigenvalue weighted by atomic mass is 16.3. The molecule has 0 aliphatic carbocycles. The Kier molecular flexibility index (Phi) is 6.10. The Morgan fingerprint density at radius 2 is 0.929 bits per heavy atom. The van der Waals surface area contributed by atoms with E-state index in [0.717, 1.165) is 98.9 Å². The molecule has 4 aromatic heterocycles. The Balaban J connectivity index is 1.03. The van der Waals surface area contributed by atoms with Crippen molar-refractivity contribution in [3.05, 3.63) is 175 Å². The monoisotopic (exact) mass is 714 g/mol. The van der Waals surface area contributed by atoms with Gasteiger partial charge in [-0.05, 0) is 83.9 Å². The molecule has 8 aromatic carbocycles. The molecule has 12 aromatic rings. The van der Waals surface area contributed by atoms with E-state index in [9.17, 15) is 5.26 Å². The van der Waals surface area contributed by atoms with Crippen molar-refractivity contribution in [2.24, 2.45) is 0 Å². The van der Waals surface area contributed by atoms with Gasteiger partial charge < -0.3 is 18.0 Å². The van der Waals surface area contributed by atoms with E-state index in [1.54, 1.807) is 0 Å². The fourth-order valence-electron chi connectivity index (χ4n) is 9.08. The van der Waals surface area contributed by atoms with E-state index < -0.39 is 0 Å². The summed E-state index contributed by atoms with van der Waals surface area (Å²) in [6, 6.07) is 55.7. The molecule has 0 saturated heterocycles. The van der Waals surface area contributed by atoms with Gasteiger partial charge in [0.2, 0.25) is 0 Å². The van der Waals surface area contributed by atoms with Gasteiger partial charge in [-0.1, -0.05) is 84.9 Å². The number of fused-ring (bicyclic) bond motifs is 14. The number of aromatic nitrogens is 2. The molecule has 0 unspecified atom stereocenters. The van der Waals surface area contributed by atoms with Gasteiger partial charge in [-0.25, -0.2) is 4.85 Å². The predicted octanol–water partition coefficient (Wildman–Crippen LogP) is 13.8. The van der Waals surface area contributed by atoms with Crippen LogP contribution in [0.15, 0.2) is 167 Å². The van der Waals surface area contributed by atoms with E-state index in [1.165, 1.54) is 0 Å². The van der Waals surface area contributed by atoms with E-state index in [0.29, 0.717) is 22.4 Å². The Morgan fingerprint density at radius 1 is 0.446 bits per heavy atom. The molecule has 0 radical (unpaired) electrons. The molecule has 0 saturated carbocycles. The second-order valence-corrected chi connectivity index (χ2v) is 14.2. The summed E-state index contributed by atoms with van der Waals surface area (Å²) in [7, 11) is 0. The minimum absolute atomic E-state index is 0.471. The largest absolute Gasteiger partial charge is 0.456 e. The van der Waals surface area contributed by atoms with E-state index in [1.807, 2.05) is 84.9 Å². The minimum Gasteiger partial charge on any atom is -0.456 e. The lowest BCUT2D eigenvalue weighted by atomic mass is 9.97. The molecule has 0 aliphatic heterocycles.